The number of nitrogens with zero attached hydrogens (tertiary/aromatic N) is 4. The van der Waals surface area contributed by atoms with Crippen molar-refractivity contribution in [2.45, 2.75) is 38.5 Å². The predicted molar refractivity (Wildman–Crippen MR) is 164 cm³/mol. The number of hydrogen-bond acceptors (Lipinski definition) is 6. The molecule has 0 saturated carbocycles. The summed E-state index contributed by atoms with van der Waals surface area (Å²) in [5, 5.41) is 19.0. The van der Waals surface area contributed by atoms with Crippen molar-refractivity contribution in [3.05, 3.63) is 102 Å². The van der Waals surface area contributed by atoms with E-state index in [1.54, 1.807) is 12.2 Å². The molecule has 0 aromatic carbocycles. The molecule has 3 aliphatic rings. The Labute approximate surface area is 237 Å². The number of aliphatic imine (C=N–C) groups is 1. The van der Waals surface area contributed by atoms with Crippen LogP contribution in [0.25, 0.3) is 0 Å². The van der Waals surface area contributed by atoms with Crippen molar-refractivity contribution in [2.24, 2.45) is 16.0 Å². The van der Waals surface area contributed by atoms with Gasteiger partial charge in [-0.15, -0.1) is 0 Å². The molecule has 1 aromatic rings. The minimum Gasteiger partial charge on any atom is -0.396 e. The highest BCUT2D eigenvalue weighted by Crippen LogP contribution is 2.39. The fourth-order valence-corrected chi connectivity index (χ4v) is 5.33. The third kappa shape index (κ3) is 6.69. The monoisotopic (exact) mass is 540 g/mol. The standard InChI is InChI=1S/C32H40N6O2/c1-4-6-10-24(9-5-2)11-7-8-12-26(23-33-3)27-14-19-35-38-31-28(13-18-34-31)30(36-32(27)38)25-15-20-37(21-16-25)29(40)17-22-39/h4-10,13,18-19,23,25,33-34,39H,1-2,11-12,14-17,20-22H2,3H3/b8-7-,10-6-,24-9+,26-23+. The first-order chi connectivity index (χ1) is 19.6. The molecule has 0 unspecified atom stereocenters. The molecule has 3 aliphatic heterocycles. The van der Waals surface area contributed by atoms with Crippen LogP contribution in [0.4, 0.5) is 5.82 Å². The summed E-state index contributed by atoms with van der Waals surface area (Å²) in [6.45, 7) is 8.81. The number of rotatable bonds is 12. The first-order valence-corrected chi connectivity index (χ1v) is 13.9. The van der Waals surface area contributed by atoms with E-state index >= 15 is 0 Å². The van der Waals surface area contributed by atoms with Crippen LogP contribution in [-0.2, 0) is 4.79 Å². The van der Waals surface area contributed by atoms with Crippen molar-refractivity contribution in [2.75, 3.05) is 31.8 Å². The SMILES string of the molecule is C=C/C=C\C(=C/C=C)C/C=C\C/C(=C\NC)C1=C2N=C(C3CCN(C(=O)CCO)CC3)c3cc[nH]c3N2N=CC1. The number of aliphatic hydroxyl groups excluding tert-OH is 1. The zero-order chi connectivity index (χ0) is 28.3. The van der Waals surface area contributed by atoms with E-state index in [1.165, 1.54) is 0 Å². The van der Waals surface area contributed by atoms with Gasteiger partial charge in [0.15, 0.2) is 5.82 Å². The van der Waals surface area contributed by atoms with E-state index < -0.39 is 0 Å². The van der Waals surface area contributed by atoms with Crippen LogP contribution in [0.2, 0.25) is 0 Å². The van der Waals surface area contributed by atoms with Crippen molar-refractivity contribution in [1.82, 2.24) is 15.2 Å². The summed E-state index contributed by atoms with van der Waals surface area (Å²) in [6.07, 6.45) is 24.0. The molecular formula is C32H40N6O2. The van der Waals surface area contributed by atoms with Gasteiger partial charge in [-0.05, 0) is 42.9 Å². The molecule has 1 amide bonds. The highest BCUT2D eigenvalue weighted by molar-refractivity contribution is 6.09. The molecular weight excluding hydrogens is 500 g/mol. The number of amides is 1. The van der Waals surface area contributed by atoms with Gasteiger partial charge in [-0.25, -0.2) is 4.99 Å². The van der Waals surface area contributed by atoms with Crippen LogP contribution >= 0.6 is 0 Å². The van der Waals surface area contributed by atoms with E-state index in [2.05, 4.69) is 41.7 Å². The first kappa shape index (κ1) is 28.8. The normalized spacial score (nSPS) is 18.3. The molecule has 1 saturated heterocycles. The second-order valence-corrected chi connectivity index (χ2v) is 9.89. The number of likely N-dealkylation sites (tertiary alicyclic amines) is 1. The van der Waals surface area contributed by atoms with Crippen LogP contribution in [0.3, 0.4) is 0 Å². The van der Waals surface area contributed by atoms with Crippen molar-refractivity contribution < 1.29 is 9.90 Å². The number of aromatic amines is 1. The van der Waals surface area contributed by atoms with Crippen molar-refractivity contribution in [3.63, 3.8) is 0 Å². The van der Waals surface area contributed by atoms with Gasteiger partial charge in [0.2, 0.25) is 5.91 Å². The summed E-state index contributed by atoms with van der Waals surface area (Å²) in [5.74, 6) is 2.04. The van der Waals surface area contributed by atoms with Gasteiger partial charge in [-0.1, -0.05) is 55.7 Å². The zero-order valence-electron chi connectivity index (χ0n) is 23.4. The predicted octanol–water partition coefficient (Wildman–Crippen LogP) is 5.14. The zero-order valence-corrected chi connectivity index (χ0v) is 23.4. The molecule has 0 atom stereocenters. The quantitative estimate of drug-likeness (QED) is 0.253. The number of carbonyl (C=O) groups is 1. The van der Waals surface area contributed by atoms with Crippen LogP contribution in [0, 0.1) is 5.92 Å². The number of nitrogens with one attached hydrogen (secondary N) is 2. The largest absolute Gasteiger partial charge is 0.396 e. The lowest BCUT2D eigenvalue weighted by atomic mass is 9.87. The summed E-state index contributed by atoms with van der Waals surface area (Å²) in [4.78, 5) is 22.8. The van der Waals surface area contributed by atoms with Crippen molar-refractivity contribution >= 4 is 23.7 Å². The van der Waals surface area contributed by atoms with Crippen LogP contribution in [0.15, 0.2) is 107 Å². The third-order valence-corrected chi connectivity index (χ3v) is 7.30. The van der Waals surface area contributed by atoms with Crippen LogP contribution in [0.1, 0.15) is 44.1 Å². The number of allylic oxidation sites excluding steroid dienone is 10. The Morgan fingerprint density at radius 2 is 2.02 bits per heavy atom. The number of anilines is 1. The number of hydrogen-bond donors (Lipinski definition) is 3. The lowest BCUT2D eigenvalue weighted by Crippen LogP contribution is -2.41. The summed E-state index contributed by atoms with van der Waals surface area (Å²) in [5.41, 5.74) is 5.57. The molecule has 0 radical (unpaired) electrons. The van der Waals surface area contributed by atoms with E-state index in [9.17, 15) is 4.79 Å². The van der Waals surface area contributed by atoms with Gasteiger partial charge in [0.1, 0.15) is 5.82 Å². The Balaban J connectivity index is 1.59. The number of aromatic nitrogens is 1. The Morgan fingerprint density at radius 3 is 2.75 bits per heavy atom. The summed E-state index contributed by atoms with van der Waals surface area (Å²) >= 11 is 0. The van der Waals surface area contributed by atoms with Gasteiger partial charge in [-0.3, -0.25) is 4.79 Å². The van der Waals surface area contributed by atoms with Gasteiger partial charge >= 0.3 is 0 Å². The van der Waals surface area contributed by atoms with Gasteiger partial charge in [-0.2, -0.15) is 10.1 Å². The fraction of sp³-hybridized carbons (Fsp3) is 0.344. The molecule has 8 heteroatoms. The molecule has 1 fully saturated rings. The van der Waals surface area contributed by atoms with Crippen LogP contribution in [0.5, 0.6) is 0 Å². The van der Waals surface area contributed by atoms with Crippen LogP contribution < -0.4 is 10.3 Å². The first-order valence-electron chi connectivity index (χ1n) is 13.9. The van der Waals surface area contributed by atoms with E-state index in [1.807, 2.05) is 53.8 Å². The lowest BCUT2D eigenvalue weighted by molar-refractivity contribution is -0.133. The molecule has 40 heavy (non-hydrogen) atoms. The highest BCUT2D eigenvalue weighted by Gasteiger charge is 2.35. The number of carbonyl (C=O) groups excluding carboxylic acids is 1. The maximum atomic E-state index is 12.3. The second-order valence-electron chi connectivity index (χ2n) is 9.89. The van der Waals surface area contributed by atoms with E-state index in [0.717, 1.165) is 65.3 Å². The van der Waals surface area contributed by atoms with Gasteiger partial charge < -0.3 is 20.3 Å². The molecule has 1 aromatic heterocycles. The van der Waals surface area contributed by atoms with E-state index in [0.29, 0.717) is 19.5 Å². The Bertz CT molecular complexity index is 1300. The minimum absolute atomic E-state index is 0.0189. The minimum atomic E-state index is -0.109. The molecule has 0 aliphatic carbocycles. The molecule has 0 spiro atoms. The average Bonchev–Trinajstić information content (AvgIpc) is 3.47. The van der Waals surface area contributed by atoms with Gasteiger partial charge in [0, 0.05) is 68.6 Å². The highest BCUT2D eigenvalue weighted by atomic mass is 16.3. The summed E-state index contributed by atoms with van der Waals surface area (Å²) < 4.78 is 0. The molecule has 4 heterocycles. The maximum absolute atomic E-state index is 12.3. The van der Waals surface area contributed by atoms with Gasteiger partial charge in [0.05, 0.1) is 12.3 Å². The molecule has 0 bridgehead atoms. The number of H-pyrrole nitrogens is 1. The second kappa shape index (κ2) is 14.3. The molecule has 8 nitrogen and oxygen atoms in total. The Hall–Kier alpha value is -4.17. The molecule has 4 rings (SSSR count). The lowest BCUT2D eigenvalue weighted by Gasteiger charge is -2.36. The topological polar surface area (TPSA) is 96.3 Å². The number of aliphatic hydroxyl groups is 1. The number of fused-ring (bicyclic) bond motifs is 3. The number of piperidine rings is 1. The Kier molecular flexibility index (Phi) is 10.3. The van der Waals surface area contributed by atoms with Crippen LogP contribution in [-0.4, -0.2) is 59.6 Å². The fourth-order valence-electron chi connectivity index (χ4n) is 5.33. The van der Waals surface area contributed by atoms with E-state index in [4.69, 9.17) is 15.2 Å². The van der Waals surface area contributed by atoms with E-state index in [-0.39, 0.29) is 24.9 Å². The smallest absolute Gasteiger partial charge is 0.224 e. The number of hydrazone groups is 1. The summed E-state index contributed by atoms with van der Waals surface area (Å²) in [7, 11) is 1.92. The summed E-state index contributed by atoms with van der Waals surface area (Å²) in [6, 6.07) is 2.07. The Morgan fingerprint density at radius 1 is 1.23 bits per heavy atom. The third-order valence-electron chi connectivity index (χ3n) is 7.30. The molecule has 3 N–H and O–H groups in total. The van der Waals surface area contributed by atoms with Gasteiger partial charge in [0.25, 0.3) is 0 Å². The average molecular weight is 541 g/mol. The maximum Gasteiger partial charge on any atom is 0.224 e. The molecule has 210 valence electrons. The van der Waals surface area contributed by atoms with Crippen molar-refractivity contribution in [1.29, 1.82) is 0 Å². The van der Waals surface area contributed by atoms with Crippen molar-refractivity contribution in [3.8, 4) is 0 Å².